The van der Waals surface area contributed by atoms with Crippen molar-refractivity contribution in [2.75, 3.05) is 32.5 Å². The van der Waals surface area contributed by atoms with Gasteiger partial charge in [-0.3, -0.25) is 4.90 Å². The zero-order chi connectivity index (χ0) is 13.0. The van der Waals surface area contributed by atoms with Crippen LogP contribution in [0.4, 0.5) is 5.69 Å². The number of nitrogens with zero attached hydrogens (tertiary/aromatic N) is 1. The summed E-state index contributed by atoms with van der Waals surface area (Å²) in [6, 6.07) is 6.35. The van der Waals surface area contributed by atoms with Crippen LogP contribution >= 0.6 is 0 Å². The molecule has 0 aromatic heterocycles. The van der Waals surface area contributed by atoms with Crippen LogP contribution in [0.3, 0.4) is 0 Å². The molecule has 1 aliphatic heterocycles. The molecule has 0 aliphatic carbocycles. The minimum absolute atomic E-state index is 0.769. The Morgan fingerprint density at radius 2 is 2.22 bits per heavy atom. The first-order valence-corrected chi connectivity index (χ1v) is 6.43. The molecule has 0 radical (unpaired) electrons. The second kappa shape index (κ2) is 6.03. The van der Waals surface area contributed by atoms with Crippen LogP contribution in [0.15, 0.2) is 29.8 Å². The predicted molar refractivity (Wildman–Crippen MR) is 75.4 cm³/mol. The van der Waals surface area contributed by atoms with Gasteiger partial charge in [0.25, 0.3) is 0 Å². The van der Waals surface area contributed by atoms with Gasteiger partial charge in [-0.05, 0) is 36.1 Å². The summed E-state index contributed by atoms with van der Waals surface area (Å²) in [6.45, 7) is 5.89. The van der Waals surface area contributed by atoms with Gasteiger partial charge in [0.2, 0.25) is 0 Å². The van der Waals surface area contributed by atoms with Gasteiger partial charge in [0.05, 0.1) is 6.61 Å². The molecule has 0 atom stereocenters. The van der Waals surface area contributed by atoms with Crippen molar-refractivity contribution in [2.24, 2.45) is 0 Å². The quantitative estimate of drug-likeness (QED) is 0.654. The lowest BCUT2D eigenvalue weighted by atomic mass is 10.1. The molecule has 0 bridgehead atoms. The normalized spacial score (nSPS) is 16.7. The minimum Gasteiger partial charge on any atom is -0.399 e. The Balaban J connectivity index is 1.93. The number of methoxy groups -OCH3 is 1. The fourth-order valence-corrected chi connectivity index (χ4v) is 2.26. The maximum absolute atomic E-state index is 5.94. The summed E-state index contributed by atoms with van der Waals surface area (Å²) in [5.74, 6) is 0. The highest BCUT2D eigenvalue weighted by Gasteiger charge is 2.12. The number of rotatable bonds is 4. The van der Waals surface area contributed by atoms with E-state index in [4.69, 9.17) is 10.5 Å². The van der Waals surface area contributed by atoms with E-state index in [9.17, 15) is 0 Å². The molecule has 3 heteroatoms. The molecule has 1 heterocycles. The van der Waals surface area contributed by atoms with Crippen molar-refractivity contribution >= 4 is 5.69 Å². The Kier molecular flexibility index (Phi) is 4.39. The number of nitrogen functional groups attached to an aromatic ring is 1. The molecule has 0 unspecified atom stereocenters. The van der Waals surface area contributed by atoms with Gasteiger partial charge in [0.1, 0.15) is 0 Å². The van der Waals surface area contributed by atoms with E-state index in [-0.39, 0.29) is 0 Å². The molecule has 1 aromatic carbocycles. The number of hydrogen-bond acceptors (Lipinski definition) is 3. The van der Waals surface area contributed by atoms with Crippen LogP contribution in [0.5, 0.6) is 0 Å². The average Bonchev–Trinajstić information content (AvgIpc) is 2.37. The lowest BCUT2D eigenvalue weighted by Crippen LogP contribution is -2.29. The second-order valence-corrected chi connectivity index (χ2v) is 4.97. The van der Waals surface area contributed by atoms with Crippen LogP contribution < -0.4 is 5.73 Å². The van der Waals surface area contributed by atoms with E-state index < -0.39 is 0 Å². The highest BCUT2D eigenvalue weighted by atomic mass is 16.5. The second-order valence-electron chi connectivity index (χ2n) is 4.97. The molecule has 2 rings (SSSR count). The van der Waals surface area contributed by atoms with Crippen LogP contribution in [-0.4, -0.2) is 31.7 Å². The number of hydrogen-bond donors (Lipinski definition) is 1. The van der Waals surface area contributed by atoms with Crippen molar-refractivity contribution in [3.8, 4) is 0 Å². The average molecular weight is 246 g/mol. The molecular weight excluding hydrogens is 224 g/mol. The third kappa shape index (κ3) is 3.34. The lowest BCUT2D eigenvalue weighted by Gasteiger charge is -2.26. The van der Waals surface area contributed by atoms with E-state index >= 15 is 0 Å². The highest BCUT2D eigenvalue weighted by molar-refractivity contribution is 5.48. The van der Waals surface area contributed by atoms with Crippen molar-refractivity contribution in [1.82, 2.24) is 4.90 Å². The Bertz CT molecular complexity index is 440. The van der Waals surface area contributed by atoms with Crippen LogP contribution in [-0.2, 0) is 11.3 Å². The molecule has 98 valence electrons. The van der Waals surface area contributed by atoms with Crippen molar-refractivity contribution in [1.29, 1.82) is 0 Å². The monoisotopic (exact) mass is 246 g/mol. The van der Waals surface area contributed by atoms with E-state index in [1.165, 1.54) is 11.1 Å². The Hall–Kier alpha value is -1.32. The number of anilines is 1. The zero-order valence-corrected chi connectivity index (χ0v) is 11.3. The minimum atomic E-state index is 0.769. The number of nitrogens with two attached hydrogens (primary N) is 1. The molecule has 0 spiro atoms. The van der Waals surface area contributed by atoms with E-state index in [1.54, 1.807) is 7.11 Å². The molecule has 18 heavy (non-hydrogen) atoms. The summed E-state index contributed by atoms with van der Waals surface area (Å²) in [6.07, 6.45) is 3.39. The topological polar surface area (TPSA) is 38.5 Å². The molecule has 0 saturated carbocycles. The van der Waals surface area contributed by atoms with Gasteiger partial charge in [-0.25, -0.2) is 0 Å². The third-order valence-corrected chi connectivity index (χ3v) is 3.47. The van der Waals surface area contributed by atoms with E-state index in [2.05, 4.69) is 29.2 Å². The van der Waals surface area contributed by atoms with Gasteiger partial charge in [-0.15, -0.1) is 0 Å². The van der Waals surface area contributed by atoms with Gasteiger partial charge in [0, 0.05) is 32.4 Å². The Labute approximate surface area is 109 Å². The summed E-state index contributed by atoms with van der Waals surface area (Å²) >= 11 is 0. The fraction of sp³-hybridized carbons (Fsp3) is 0.467. The van der Waals surface area contributed by atoms with E-state index in [1.807, 2.05) is 6.92 Å². The summed E-state index contributed by atoms with van der Waals surface area (Å²) < 4.78 is 5.16. The molecule has 0 fully saturated rings. The molecule has 1 aromatic rings. The van der Waals surface area contributed by atoms with Crippen molar-refractivity contribution < 1.29 is 4.74 Å². The van der Waals surface area contributed by atoms with Crippen molar-refractivity contribution in [2.45, 2.75) is 19.9 Å². The molecule has 3 nitrogen and oxygen atoms in total. The SMILES string of the molecule is COCC1=CCN(Cc2ccc(C)c(N)c2)CC1. The maximum Gasteiger partial charge on any atom is 0.0673 e. The summed E-state index contributed by atoms with van der Waals surface area (Å²) in [5, 5.41) is 0. The van der Waals surface area contributed by atoms with Crippen molar-refractivity contribution in [3.63, 3.8) is 0 Å². The highest BCUT2D eigenvalue weighted by Crippen LogP contribution is 2.17. The first-order chi connectivity index (χ1) is 8.69. The summed E-state index contributed by atoms with van der Waals surface area (Å²) in [7, 11) is 1.75. The Morgan fingerprint density at radius 1 is 1.39 bits per heavy atom. The first-order valence-electron chi connectivity index (χ1n) is 6.43. The third-order valence-electron chi connectivity index (χ3n) is 3.47. The van der Waals surface area contributed by atoms with Crippen molar-refractivity contribution in [3.05, 3.63) is 41.0 Å². The standard InChI is InChI=1S/C15H22N2O/c1-12-3-4-14(9-15(12)16)10-17-7-5-13(6-8-17)11-18-2/h3-5,9H,6-8,10-11,16H2,1-2H3. The number of benzene rings is 1. The Morgan fingerprint density at radius 3 is 2.83 bits per heavy atom. The van der Waals surface area contributed by atoms with Gasteiger partial charge >= 0.3 is 0 Å². The fourth-order valence-electron chi connectivity index (χ4n) is 2.26. The molecule has 2 N–H and O–H groups in total. The van der Waals surface area contributed by atoms with Gasteiger partial charge in [0.15, 0.2) is 0 Å². The molecule has 0 saturated heterocycles. The van der Waals surface area contributed by atoms with E-state index in [0.717, 1.165) is 43.9 Å². The van der Waals surface area contributed by atoms with Gasteiger partial charge < -0.3 is 10.5 Å². The number of aryl methyl sites for hydroxylation is 1. The maximum atomic E-state index is 5.94. The summed E-state index contributed by atoms with van der Waals surface area (Å²) in [5.41, 5.74) is 10.7. The molecule has 1 aliphatic rings. The zero-order valence-electron chi connectivity index (χ0n) is 11.3. The molecule has 0 amide bonds. The van der Waals surface area contributed by atoms with Crippen LogP contribution in [0.1, 0.15) is 17.5 Å². The smallest absolute Gasteiger partial charge is 0.0673 e. The predicted octanol–water partition coefficient (Wildman–Crippen LogP) is 2.36. The van der Waals surface area contributed by atoms with Crippen LogP contribution in [0, 0.1) is 6.92 Å². The first kappa shape index (κ1) is 13.1. The number of ether oxygens (including phenoxy) is 1. The molecular formula is C15H22N2O. The van der Waals surface area contributed by atoms with Crippen LogP contribution in [0.25, 0.3) is 0 Å². The van der Waals surface area contributed by atoms with Crippen LogP contribution in [0.2, 0.25) is 0 Å². The largest absolute Gasteiger partial charge is 0.399 e. The lowest BCUT2D eigenvalue weighted by molar-refractivity contribution is 0.210. The summed E-state index contributed by atoms with van der Waals surface area (Å²) in [4.78, 5) is 2.43. The van der Waals surface area contributed by atoms with Gasteiger partial charge in [-0.1, -0.05) is 18.2 Å². The van der Waals surface area contributed by atoms with Gasteiger partial charge in [-0.2, -0.15) is 0 Å². The van der Waals surface area contributed by atoms with E-state index in [0.29, 0.717) is 0 Å².